The number of carbonyl (C=O) groups excluding carboxylic acids is 3. The summed E-state index contributed by atoms with van der Waals surface area (Å²) in [6.07, 6.45) is 1.89. The predicted octanol–water partition coefficient (Wildman–Crippen LogP) is 1.47. The van der Waals surface area contributed by atoms with Crippen molar-refractivity contribution in [3.05, 3.63) is 72.2 Å². The van der Waals surface area contributed by atoms with E-state index in [0.29, 0.717) is 42.2 Å². The number of anilines is 1. The van der Waals surface area contributed by atoms with Gasteiger partial charge < -0.3 is 31.0 Å². The smallest absolute Gasteiger partial charge is 0.287 e. The molecule has 10 heteroatoms. The Kier molecular flexibility index (Phi) is 7.86. The van der Waals surface area contributed by atoms with Gasteiger partial charge >= 0.3 is 0 Å². The Bertz CT molecular complexity index is 1170. The molecule has 182 valence electrons. The molecule has 2 aromatic heterocycles. The molecular weight excluding hydrogens is 448 g/mol. The third-order valence-corrected chi connectivity index (χ3v) is 5.62. The highest BCUT2D eigenvalue weighted by Gasteiger charge is 2.27. The zero-order valence-corrected chi connectivity index (χ0v) is 19.2. The molecule has 3 amide bonds. The standard InChI is InChI=1S/C25H28N6O4/c26-10-9-20(25(34)31-14-12-27-13-15-31)30-24(33)22-8-7-21(35-22)17-4-3-5-18(16-17)29-23(32)19-6-1-2-11-28-19/h1-8,11,16,20,27H,9-10,12-15,26H2,(H,29,32)(H,30,33)/t20-/m1/s1. The molecule has 1 saturated heterocycles. The summed E-state index contributed by atoms with van der Waals surface area (Å²) in [6, 6.07) is 14.7. The number of nitrogens with one attached hydrogen (secondary N) is 3. The lowest BCUT2D eigenvalue weighted by Crippen LogP contribution is -2.54. The van der Waals surface area contributed by atoms with E-state index < -0.39 is 11.9 Å². The molecule has 5 N–H and O–H groups in total. The first-order valence-electron chi connectivity index (χ1n) is 11.5. The summed E-state index contributed by atoms with van der Waals surface area (Å²) in [5, 5.41) is 8.77. The fourth-order valence-corrected chi connectivity index (χ4v) is 3.82. The molecular formula is C25H28N6O4. The molecule has 1 aromatic carbocycles. The first-order chi connectivity index (χ1) is 17.0. The average molecular weight is 477 g/mol. The molecule has 0 radical (unpaired) electrons. The highest BCUT2D eigenvalue weighted by molar-refractivity contribution is 6.03. The van der Waals surface area contributed by atoms with Crippen molar-refractivity contribution in [2.24, 2.45) is 5.73 Å². The fraction of sp³-hybridized carbons (Fsp3) is 0.280. The first kappa shape index (κ1) is 24.1. The van der Waals surface area contributed by atoms with Crippen LogP contribution in [0.4, 0.5) is 5.69 Å². The Hall–Kier alpha value is -4.02. The Morgan fingerprint density at radius 3 is 2.63 bits per heavy atom. The van der Waals surface area contributed by atoms with E-state index in [-0.39, 0.29) is 24.1 Å². The predicted molar refractivity (Wildman–Crippen MR) is 131 cm³/mol. The number of nitrogens with zero attached hydrogens (tertiary/aromatic N) is 2. The van der Waals surface area contributed by atoms with Crippen LogP contribution < -0.4 is 21.7 Å². The van der Waals surface area contributed by atoms with Crippen LogP contribution in [0.15, 0.2) is 65.2 Å². The normalized spacial score (nSPS) is 14.3. The minimum Gasteiger partial charge on any atom is -0.451 e. The minimum absolute atomic E-state index is 0.0815. The van der Waals surface area contributed by atoms with E-state index in [1.807, 2.05) is 6.07 Å². The maximum atomic E-state index is 12.9. The highest BCUT2D eigenvalue weighted by atomic mass is 16.4. The molecule has 3 heterocycles. The van der Waals surface area contributed by atoms with Crippen LogP contribution in [0.2, 0.25) is 0 Å². The van der Waals surface area contributed by atoms with Crippen LogP contribution in [0.3, 0.4) is 0 Å². The summed E-state index contributed by atoms with van der Waals surface area (Å²) in [4.78, 5) is 43.9. The molecule has 0 bridgehead atoms. The topological polar surface area (TPSA) is 143 Å². The van der Waals surface area contributed by atoms with Gasteiger partial charge in [0.2, 0.25) is 5.91 Å². The van der Waals surface area contributed by atoms with Gasteiger partial charge in [0.25, 0.3) is 11.8 Å². The molecule has 35 heavy (non-hydrogen) atoms. The van der Waals surface area contributed by atoms with Crippen molar-refractivity contribution in [1.29, 1.82) is 0 Å². The fourth-order valence-electron chi connectivity index (χ4n) is 3.82. The number of hydrogen-bond acceptors (Lipinski definition) is 7. The maximum Gasteiger partial charge on any atom is 0.287 e. The first-order valence-corrected chi connectivity index (χ1v) is 11.5. The lowest BCUT2D eigenvalue weighted by molar-refractivity contribution is -0.133. The Morgan fingerprint density at radius 2 is 1.89 bits per heavy atom. The van der Waals surface area contributed by atoms with Gasteiger partial charge in [0.05, 0.1) is 0 Å². The van der Waals surface area contributed by atoms with Crippen molar-refractivity contribution in [3.8, 4) is 11.3 Å². The Balaban J connectivity index is 1.43. The van der Waals surface area contributed by atoms with E-state index in [2.05, 4.69) is 20.9 Å². The molecule has 10 nitrogen and oxygen atoms in total. The van der Waals surface area contributed by atoms with Crippen LogP contribution in [0, 0.1) is 0 Å². The van der Waals surface area contributed by atoms with E-state index in [9.17, 15) is 14.4 Å². The number of hydrogen-bond donors (Lipinski definition) is 4. The minimum atomic E-state index is -0.718. The van der Waals surface area contributed by atoms with Gasteiger partial charge in [0, 0.05) is 43.6 Å². The third kappa shape index (κ3) is 6.11. The zero-order chi connectivity index (χ0) is 24.6. The monoisotopic (exact) mass is 476 g/mol. The van der Waals surface area contributed by atoms with Crippen molar-refractivity contribution in [1.82, 2.24) is 20.5 Å². The van der Waals surface area contributed by atoms with Crippen LogP contribution >= 0.6 is 0 Å². The summed E-state index contributed by atoms with van der Waals surface area (Å²) in [5.74, 6) is -0.431. The number of carbonyl (C=O) groups is 3. The number of nitrogens with two attached hydrogens (primary N) is 1. The van der Waals surface area contributed by atoms with Crippen LogP contribution in [0.1, 0.15) is 27.5 Å². The van der Waals surface area contributed by atoms with E-state index in [1.165, 1.54) is 0 Å². The number of rotatable bonds is 8. The van der Waals surface area contributed by atoms with Gasteiger partial charge in [-0.3, -0.25) is 19.4 Å². The lowest BCUT2D eigenvalue weighted by atomic mass is 10.1. The maximum absolute atomic E-state index is 12.9. The number of benzene rings is 1. The third-order valence-electron chi connectivity index (χ3n) is 5.62. The van der Waals surface area contributed by atoms with E-state index in [4.69, 9.17) is 10.2 Å². The van der Waals surface area contributed by atoms with Crippen molar-refractivity contribution >= 4 is 23.4 Å². The van der Waals surface area contributed by atoms with Crippen LogP contribution in [0.25, 0.3) is 11.3 Å². The Morgan fingerprint density at radius 1 is 1.06 bits per heavy atom. The number of piperazine rings is 1. The van der Waals surface area contributed by atoms with E-state index in [1.54, 1.807) is 59.6 Å². The van der Waals surface area contributed by atoms with Crippen molar-refractivity contribution < 1.29 is 18.8 Å². The summed E-state index contributed by atoms with van der Waals surface area (Å²) in [7, 11) is 0. The SMILES string of the molecule is NCC[C@@H](NC(=O)c1ccc(-c2cccc(NC(=O)c3ccccn3)c2)o1)C(=O)N1CCNCC1. The van der Waals surface area contributed by atoms with Gasteiger partial charge in [-0.05, 0) is 49.4 Å². The van der Waals surface area contributed by atoms with Crippen molar-refractivity contribution in [3.63, 3.8) is 0 Å². The van der Waals surface area contributed by atoms with Crippen LogP contribution in [-0.4, -0.2) is 66.4 Å². The largest absolute Gasteiger partial charge is 0.451 e. The molecule has 1 fully saturated rings. The number of furan rings is 1. The molecule has 0 aliphatic carbocycles. The van der Waals surface area contributed by atoms with Gasteiger partial charge in [-0.25, -0.2) is 0 Å². The molecule has 0 spiro atoms. The van der Waals surface area contributed by atoms with Crippen LogP contribution in [0.5, 0.6) is 0 Å². The highest BCUT2D eigenvalue weighted by Crippen LogP contribution is 2.25. The molecule has 0 saturated carbocycles. The van der Waals surface area contributed by atoms with E-state index in [0.717, 1.165) is 13.1 Å². The quantitative estimate of drug-likeness (QED) is 0.386. The molecule has 1 aliphatic rings. The van der Waals surface area contributed by atoms with Gasteiger partial charge in [-0.1, -0.05) is 18.2 Å². The average Bonchev–Trinajstić information content (AvgIpc) is 3.40. The second-order valence-electron chi connectivity index (χ2n) is 8.09. The van der Waals surface area contributed by atoms with Crippen molar-refractivity contribution in [2.45, 2.75) is 12.5 Å². The molecule has 3 aromatic rings. The molecule has 1 atom stereocenters. The van der Waals surface area contributed by atoms with Gasteiger partial charge in [0.15, 0.2) is 5.76 Å². The number of aromatic nitrogens is 1. The number of pyridine rings is 1. The molecule has 1 aliphatic heterocycles. The summed E-state index contributed by atoms with van der Waals surface area (Å²) in [6.45, 7) is 2.89. The number of amides is 3. The van der Waals surface area contributed by atoms with Gasteiger partial charge in [-0.2, -0.15) is 0 Å². The lowest BCUT2D eigenvalue weighted by Gasteiger charge is -2.31. The Labute approximate surface area is 202 Å². The zero-order valence-electron chi connectivity index (χ0n) is 19.2. The summed E-state index contributed by atoms with van der Waals surface area (Å²) < 4.78 is 5.78. The molecule has 0 unspecified atom stereocenters. The second-order valence-corrected chi connectivity index (χ2v) is 8.09. The summed E-state index contributed by atoms with van der Waals surface area (Å²) >= 11 is 0. The second kappa shape index (κ2) is 11.4. The van der Waals surface area contributed by atoms with Gasteiger partial charge in [-0.15, -0.1) is 0 Å². The van der Waals surface area contributed by atoms with E-state index >= 15 is 0 Å². The van der Waals surface area contributed by atoms with Gasteiger partial charge in [0.1, 0.15) is 17.5 Å². The van der Waals surface area contributed by atoms with Crippen LogP contribution in [-0.2, 0) is 4.79 Å². The molecule has 4 rings (SSSR count). The summed E-state index contributed by atoms with van der Waals surface area (Å²) in [5.41, 5.74) is 7.23. The van der Waals surface area contributed by atoms with Crippen molar-refractivity contribution in [2.75, 3.05) is 38.0 Å².